The van der Waals surface area contributed by atoms with E-state index >= 15 is 0 Å². The second-order valence-corrected chi connectivity index (χ2v) is 6.07. The van der Waals surface area contributed by atoms with Gasteiger partial charge in [0.25, 0.3) is 0 Å². The fourth-order valence-electron chi connectivity index (χ4n) is 2.94. The van der Waals surface area contributed by atoms with Crippen LogP contribution in [0.5, 0.6) is 0 Å². The molecule has 0 aliphatic carbocycles. The highest BCUT2D eigenvalue weighted by Crippen LogP contribution is 2.30. The number of aromatic nitrogens is 4. The minimum absolute atomic E-state index is 0.176. The number of anilines is 1. The van der Waals surface area contributed by atoms with Gasteiger partial charge in [-0.2, -0.15) is 0 Å². The Bertz CT molecular complexity index is 1150. The Hall–Kier alpha value is -3.84. The number of hydrogen-bond acceptors (Lipinski definition) is 5. The maximum absolute atomic E-state index is 11.8. The number of aliphatic hydroxyl groups is 1. The molecule has 0 spiro atoms. The fourth-order valence-corrected chi connectivity index (χ4v) is 2.94. The SMILES string of the molecule is O=C(/C=C/CO)Nc1cccc(-c2cnc3[nH]cc(-c4ccncn4)c3c2)c1. The average molecular weight is 371 g/mol. The van der Waals surface area contributed by atoms with Gasteiger partial charge in [-0.3, -0.25) is 4.79 Å². The van der Waals surface area contributed by atoms with Crippen molar-refractivity contribution in [1.82, 2.24) is 19.9 Å². The molecule has 0 radical (unpaired) electrons. The number of benzene rings is 1. The molecule has 0 aliphatic heterocycles. The zero-order valence-electron chi connectivity index (χ0n) is 14.8. The number of H-pyrrole nitrogens is 1. The van der Waals surface area contributed by atoms with Crippen molar-refractivity contribution < 1.29 is 9.90 Å². The molecule has 0 atom stereocenters. The van der Waals surface area contributed by atoms with Gasteiger partial charge in [0, 0.05) is 46.9 Å². The van der Waals surface area contributed by atoms with Gasteiger partial charge in [0.1, 0.15) is 12.0 Å². The first-order chi connectivity index (χ1) is 13.7. The van der Waals surface area contributed by atoms with E-state index in [0.717, 1.165) is 33.4 Å². The maximum atomic E-state index is 11.8. The average Bonchev–Trinajstić information content (AvgIpc) is 3.16. The number of nitrogens with zero attached hydrogens (tertiary/aromatic N) is 3. The highest BCUT2D eigenvalue weighted by Gasteiger charge is 2.10. The number of pyridine rings is 1. The number of aromatic amines is 1. The number of hydrogen-bond donors (Lipinski definition) is 3. The van der Waals surface area contributed by atoms with Crippen LogP contribution in [0, 0.1) is 0 Å². The summed E-state index contributed by atoms with van der Waals surface area (Å²) in [4.78, 5) is 27.8. The lowest BCUT2D eigenvalue weighted by Crippen LogP contribution is -2.07. The summed E-state index contributed by atoms with van der Waals surface area (Å²) in [7, 11) is 0. The van der Waals surface area contributed by atoms with Crippen LogP contribution in [0.1, 0.15) is 0 Å². The summed E-state index contributed by atoms with van der Waals surface area (Å²) in [5.74, 6) is -0.295. The molecule has 0 aliphatic rings. The van der Waals surface area contributed by atoms with E-state index in [0.29, 0.717) is 5.69 Å². The number of carbonyl (C=O) groups excluding carboxylic acids is 1. The third kappa shape index (κ3) is 3.65. The number of amides is 1. The number of aliphatic hydroxyl groups excluding tert-OH is 1. The van der Waals surface area contributed by atoms with E-state index in [1.165, 1.54) is 18.5 Å². The van der Waals surface area contributed by atoms with Gasteiger partial charge in [-0.05, 0) is 29.8 Å². The van der Waals surface area contributed by atoms with Crippen LogP contribution in [0.25, 0.3) is 33.4 Å². The molecule has 0 saturated carbocycles. The number of nitrogens with one attached hydrogen (secondary N) is 2. The quantitative estimate of drug-likeness (QED) is 0.468. The van der Waals surface area contributed by atoms with E-state index in [2.05, 4.69) is 25.3 Å². The van der Waals surface area contributed by atoms with Crippen molar-refractivity contribution in [3.8, 4) is 22.4 Å². The van der Waals surface area contributed by atoms with E-state index in [-0.39, 0.29) is 12.5 Å². The van der Waals surface area contributed by atoms with Gasteiger partial charge in [-0.25, -0.2) is 15.0 Å². The minimum atomic E-state index is -0.295. The van der Waals surface area contributed by atoms with E-state index in [1.54, 1.807) is 12.4 Å². The van der Waals surface area contributed by atoms with Crippen molar-refractivity contribution in [2.75, 3.05) is 11.9 Å². The van der Waals surface area contributed by atoms with E-state index < -0.39 is 0 Å². The smallest absolute Gasteiger partial charge is 0.248 e. The standard InChI is InChI=1S/C21H17N5O2/c27-8-2-5-20(28)26-16-4-1-3-14(9-16)15-10-17-18(12-24-21(17)23-11-15)19-6-7-22-13-25-19/h1-7,9-13,27H,8H2,(H,23,24)(H,26,28)/b5-2+. The van der Waals surface area contributed by atoms with Crippen molar-refractivity contribution in [3.63, 3.8) is 0 Å². The van der Waals surface area contributed by atoms with E-state index in [4.69, 9.17) is 5.11 Å². The van der Waals surface area contributed by atoms with Crippen LogP contribution in [0.3, 0.4) is 0 Å². The Kier molecular flexibility index (Phi) is 4.90. The van der Waals surface area contributed by atoms with Gasteiger partial charge in [-0.1, -0.05) is 18.2 Å². The summed E-state index contributed by atoms with van der Waals surface area (Å²) < 4.78 is 0. The Morgan fingerprint density at radius 3 is 2.93 bits per heavy atom. The molecule has 0 unspecified atom stereocenters. The Balaban J connectivity index is 1.69. The molecular weight excluding hydrogens is 354 g/mol. The Morgan fingerprint density at radius 1 is 1.18 bits per heavy atom. The predicted octanol–water partition coefficient (Wildman–Crippen LogP) is 3.17. The van der Waals surface area contributed by atoms with Crippen LogP contribution in [-0.4, -0.2) is 37.6 Å². The van der Waals surface area contributed by atoms with Gasteiger partial charge < -0.3 is 15.4 Å². The normalized spacial score (nSPS) is 11.2. The van der Waals surface area contributed by atoms with Crippen LogP contribution >= 0.6 is 0 Å². The van der Waals surface area contributed by atoms with Gasteiger partial charge in [-0.15, -0.1) is 0 Å². The summed E-state index contributed by atoms with van der Waals surface area (Å²) in [6.45, 7) is -0.176. The van der Waals surface area contributed by atoms with Crippen LogP contribution in [0.4, 0.5) is 5.69 Å². The highest BCUT2D eigenvalue weighted by atomic mass is 16.2. The Labute approximate surface area is 160 Å². The third-order valence-corrected chi connectivity index (χ3v) is 4.23. The lowest BCUT2D eigenvalue weighted by atomic mass is 10.0. The molecular formula is C21H17N5O2. The number of carbonyl (C=O) groups is 1. The Morgan fingerprint density at radius 2 is 2.11 bits per heavy atom. The summed E-state index contributed by atoms with van der Waals surface area (Å²) in [6.07, 6.45) is 9.58. The molecule has 4 rings (SSSR count). The lowest BCUT2D eigenvalue weighted by molar-refractivity contribution is -0.111. The first-order valence-corrected chi connectivity index (χ1v) is 8.67. The molecule has 0 saturated heterocycles. The fraction of sp³-hybridized carbons (Fsp3) is 0.0476. The molecule has 3 N–H and O–H groups in total. The van der Waals surface area contributed by atoms with Crippen molar-refractivity contribution in [1.29, 1.82) is 0 Å². The lowest BCUT2D eigenvalue weighted by Gasteiger charge is -2.07. The molecule has 1 aromatic carbocycles. The molecule has 3 aromatic heterocycles. The molecule has 4 aromatic rings. The van der Waals surface area contributed by atoms with Gasteiger partial charge >= 0.3 is 0 Å². The minimum Gasteiger partial charge on any atom is -0.392 e. The first-order valence-electron chi connectivity index (χ1n) is 8.67. The molecule has 1 amide bonds. The molecule has 7 nitrogen and oxygen atoms in total. The van der Waals surface area contributed by atoms with Crippen molar-refractivity contribution in [2.45, 2.75) is 0 Å². The first kappa shape index (κ1) is 17.6. The van der Waals surface area contributed by atoms with Crippen molar-refractivity contribution >= 4 is 22.6 Å². The van der Waals surface area contributed by atoms with Gasteiger partial charge in [0.05, 0.1) is 12.3 Å². The zero-order valence-corrected chi connectivity index (χ0v) is 14.8. The molecule has 0 fully saturated rings. The molecule has 0 bridgehead atoms. The monoisotopic (exact) mass is 371 g/mol. The zero-order chi connectivity index (χ0) is 19.3. The van der Waals surface area contributed by atoms with Crippen molar-refractivity contribution in [3.05, 3.63) is 73.5 Å². The summed E-state index contributed by atoms with van der Waals surface area (Å²) >= 11 is 0. The van der Waals surface area contributed by atoms with Crippen molar-refractivity contribution in [2.24, 2.45) is 0 Å². The molecule has 28 heavy (non-hydrogen) atoms. The van der Waals surface area contributed by atoms with E-state index in [1.807, 2.05) is 42.6 Å². The van der Waals surface area contributed by atoms with Gasteiger partial charge in [0.2, 0.25) is 5.91 Å². The molecule has 7 heteroatoms. The van der Waals surface area contributed by atoms with Crippen LogP contribution in [-0.2, 0) is 4.79 Å². The highest BCUT2D eigenvalue weighted by molar-refractivity contribution is 6.00. The van der Waals surface area contributed by atoms with Crippen LogP contribution < -0.4 is 5.32 Å². The molecule has 3 heterocycles. The number of rotatable bonds is 5. The third-order valence-electron chi connectivity index (χ3n) is 4.23. The van der Waals surface area contributed by atoms with E-state index in [9.17, 15) is 4.79 Å². The van der Waals surface area contributed by atoms with Crippen LogP contribution in [0.15, 0.2) is 73.5 Å². The topological polar surface area (TPSA) is 104 Å². The number of fused-ring (bicyclic) bond motifs is 1. The second kappa shape index (κ2) is 7.81. The summed E-state index contributed by atoms with van der Waals surface area (Å²) in [6, 6.07) is 11.4. The second-order valence-electron chi connectivity index (χ2n) is 6.07. The van der Waals surface area contributed by atoms with Crippen LogP contribution in [0.2, 0.25) is 0 Å². The maximum Gasteiger partial charge on any atom is 0.248 e. The molecule has 138 valence electrons. The summed E-state index contributed by atoms with van der Waals surface area (Å²) in [5, 5.41) is 12.5. The predicted molar refractivity (Wildman–Crippen MR) is 107 cm³/mol. The largest absolute Gasteiger partial charge is 0.392 e. The summed E-state index contributed by atoms with van der Waals surface area (Å²) in [5.41, 5.74) is 5.05. The van der Waals surface area contributed by atoms with Gasteiger partial charge in [0.15, 0.2) is 0 Å².